The summed E-state index contributed by atoms with van der Waals surface area (Å²) in [6, 6.07) is 24.6. The van der Waals surface area contributed by atoms with Gasteiger partial charge in [0.1, 0.15) is 0 Å². The van der Waals surface area contributed by atoms with Gasteiger partial charge in [0.2, 0.25) is 5.82 Å². The highest BCUT2D eigenvalue weighted by atomic mass is 16.6. The van der Waals surface area contributed by atoms with Gasteiger partial charge in [-0.1, -0.05) is 48.5 Å². The number of hydrogen-bond acceptors (Lipinski definition) is 6. The second-order valence-electron chi connectivity index (χ2n) is 6.42. The maximum atomic E-state index is 12.6. The van der Waals surface area contributed by atoms with Gasteiger partial charge in [-0.3, -0.25) is 14.9 Å². The summed E-state index contributed by atoms with van der Waals surface area (Å²) in [5, 5.41) is 19.0. The van der Waals surface area contributed by atoms with Crippen molar-refractivity contribution >= 4 is 17.8 Å². The van der Waals surface area contributed by atoms with E-state index >= 15 is 0 Å². The van der Waals surface area contributed by atoms with Crippen LogP contribution in [0.2, 0.25) is 0 Å². The predicted octanol–water partition coefficient (Wildman–Crippen LogP) is 3.61. The third kappa shape index (κ3) is 4.51. The van der Waals surface area contributed by atoms with E-state index in [1.165, 1.54) is 30.5 Å². The minimum Gasteiger partial charge on any atom is -0.264 e. The molecule has 0 atom stereocenters. The van der Waals surface area contributed by atoms with Gasteiger partial charge in [0.05, 0.1) is 16.8 Å². The van der Waals surface area contributed by atoms with Crippen LogP contribution in [0.1, 0.15) is 16.2 Å². The van der Waals surface area contributed by atoms with Gasteiger partial charge in [-0.2, -0.15) is 5.10 Å². The number of carbonyl (C=O) groups is 1. The molecule has 1 N–H and O–H groups in total. The van der Waals surface area contributed by atoms with Crippen molar-refractivity contribution in [2.75, 3.05) is 0 Å². The zero-order valence-corrected chi connectivity index (χ0v) is 16.1. The SMILES string of the molecule is O=C(N/N=C/c1ccc([N+](=O)[O-])cc1)c1nc(-c2ccccc2)n(-c2ccccc2)n1. The first kappa shape index (κ1) is 19.6. The van der Waals surface area contributed by atoms with E-state index in [2.05, 4.69) is 20.6 Å². The molecule has 31 heavy (non-hydrogen) atoms. The number of nitro benzene ring substituents is 1. The summed E-state index contributed by atoms with van der Waals surface area (Å²) in [6.07, 6.45) is 1.38. The second kappa shape index (κ2) is 8.78. The molecule has 0 aliphatic heterocycles. The monoisotopic (exact) mass is 412 g/mol. The van der Waals surface area contributed by atoms with Crippen molar-refractivity contribution in [1.82, 2.24) is 20.2 Å². The van der Waals surface area contributed by atoms with Crippen LogP contribution in [0.25, 0.3) is 17.1 Å². The van der Waals surface area contributed by atoms with Crippen molar-refractivity contribution in [3.63, 3.8) is 0 Å². The predicted molar refractivity (Wildman–Crippen MR) is 115 cm³/mol. The van der Waals surface area contributed by atoms with E-state index in [1.54, 1.807) is 4.68 Å². The van der Waals surface area contributed by atoms with E-state index in [9.17, 15) is 14.9 Å². The fourth-order valence-electron chi connectivity index (χ4n) is 2.83. The van der Waals surface area contributed by atoms with E-state index in [0.717, 1.165) is 11.3 Å². The highest BCUT2D eigenvalue weighted by molar-refractivity contribution is 5.92. The Morgan fingerprint density at radius 1 is 0.968 bits per heavy atom. The van der Waals surface area contributed by atoms with Crippen LogP contribution in [0.15, 0.2) is 90.0 Å². The molecule has 0 aliphatic rings. The van der Waals surface area contributed by atoms with Gasteiger partial charge < -0.3 is 0 Å². The molecule has 4 aromatic rings. The minimum atomic E-state index is -0.579. The quantitative estimate of drug-likeness (QED) is 0.295. The topological polar surface area (TPSA) is 115 Å². The molecule has 9 nitrogen and oxygen atoms in total. The van der Waals surface area contributed by atoms with Crippen LogP contribution >= 0.6 is 0 Å². The van der Waals surface area contributed by atoms with E-state index in [4.69, 9.17) is 0 Å². The number of non-ortho nitro benzene ring substituents is 1. The zero-order chi connectivity index (χ0) is 21.6. The molecule has 0 radical (unpaired) electrons. The Labute approximate surface area is 176 Å². The van der Waals surface area contributed by atoms with Gasteiger partial charge >= 0.3 is 5.91 Å². The zero-order valence-electron chi connectivity index (χ0n) is 16.1. The first-order chi connectivity index (χ1) is 15.1. The van der Waals surface area contributed by atoms with Crippen molar-refractivity contribution < 1.29 is 9.72 Å². The van der Waals surface area contributed by atoms with Gasteiger partial charge in [0, 0.05) is 17.7 Å². The average Bonchev–Trinajstić information content (AvgIpc) is 3.26. The Balaban J connectivity index is 1.57. The lowest BCUT2D eigenvalue weighted by molar-refractivity contribution is -0.384. The summed E-state index contributed by atoms with van der Waals surface area (Å²) in [7, 11) is 0. The molecule has 0 bridgehead atoms. The van der Waals surface area contributed by atoms with E-state index in [1.807, 2.05) is 60.7 Å². The maximum Gasteiger partial charge on any atom is 0.311 e. The maximum absolute atomic E-state index is 12.6. The number of para-hydroxylation sites is 1. The number of nitro groups is 1. The van der Waals surface area contributed by atoms with Crippen LogP contribution in [0, 0.1) is 10.1 Å². The molecular weight excluding hydrogens is 396 g/mol. The lowest BCUT2D eigenvalue weighted by atomic mass is 10.2. The van der Waals surface area contributed by atoms with Crippen LogP contribution in [-0.4, -0.2) is 31.8 Å². The summed E-state index contributed by atoms with van der Waals surface area (Å²) in [5.41, 5.74) is 4.54. The molecule has 1 amide bonds. The Morgan fingerprint density at radius 3 is 2.26 bits per heavy atom. The molecular formula is C22H16N6O3. The molecule has 0 saturated carbocycles. The van der Waals surface area contributed by atoms with Crippen molar-refractivity contribution in [3.8, 4) is 17.1 Å². The number of nitrogens with zero attached hydrogens (tertiary/aromatic N) is 5. The number of rotatable bonds is 6. The van der Waals surface area contributed by atoms with Crippen molar-refractivity contribution in [2.24, 2.45) is 5.10 Å². The summed E-state index contributed by atoms with van der Waals surface area (Å²) in [6.45, 7) is 0. The Morgan fingerprint density at radius 2 is 1.61 bits per heavy atom. The Kier molecular flexibility index (Phi) is 5.57. The van der Waals surface area contributed by atoms with Crippen LogP contribution in [0.4, 0.5) is 5.69 Å². The largest absolute Gasteiger partial charge is 0.311 e. The van der Waals surface area contributed by atoms with Gasteiger partial charge in [0.15, 0.2) is 5.82 Å². The minimum absolute atomic E-state index is 0.0229. The molecule has 0 saturated heterocycles. The molecule has 0 fully saturated rings. The fraction of sp³-hybridized carbons (Fsp3) is 0. The van der Waals surface area contributed by atoms with Crippen LogP contribution in [-0.2, 0) is 0 Å². The molecule has 1 heterocycles. The van der Waals surface area contributed by atoms with Gasteiger partial charge in [-0.15, -0.1) is 5.10 Å². The summed E-state index contributed by atoms with van der Waals surface area (Å²) < 4.78 is 1.60. The van der Waals surface area contributed by atoms with Crippen LogP contribution < -0.4 is 5.43 Å². The number of nitrogens with one attached hydrogen (secondary N) is 1. The number of hydrazone groups is 1. The summed E-state index contributed by atoms with van der Waals surface area (Å²) in [4.78, 5) is 27.2. The van der Waals surface area contributed by atoms with Gasteiger partial charge in [-0.05, 0) is 29.8 Å². The number of amides is 1. The molecule has 0 spiro atoms. The van der Waals surface area contributed by atoms with E-state index in [-0.39, 0.29) is 11.5 Å². The van der Waals surface area contributed by atoms with Crippen molar-refractivity contribution in [3.05, 3.63) is 106 Å². The molecule has 4 rings (SSSR count). The third-order valence-electron chi connectivity index (χ3n) is 4.33. The van der Waals surface area contributed by atoms with Crippen LogP contribution in [0.5, 0.6) is 0 Å². The molecule has 3 aromatic carbocycles. The second-order valence-corrected chi connectivity index (χ2v) is 6.42. The van der Waals surface area contributed by atoms with E-state index < -0.39 is 10.8 Å². The lowest BCUT2D eigenvalue weighted by Gasteiger charge is -2.05. The normalized spacial score (nSPS) is 10.8. The molecule has 1 aromatic heterocycles. The number of carbonyl (C=O) groups excluding carboxylic acids is 1. The van der Waals surface area contributed by atoms with Gasteiger partial charge in [0.25, 0.3) is 5.69 Å². The molecule has 0 unspecified atom stereocenters. The third-order valence-corrected chi connectivity index (χ3v) is 4.33. The van der Waals surface area contributed by atoms with Gasteiger partial charge in [-0.25, -0.2) is 15.1 Å². The summed E-state index contributed by atoms with van der Waals surface area (Å²) in [5.74, 6) is -0.0927. The lowest BCUT2D eigenvalue weighted by Crippen LogP contribution is -2.19. The van der Waals surface area contributed by atoms with Crippen molar-refractivity contribution in [2.45, 2.75) is 0 Å². The van der Waals surface area contributed by atoms with E-state index in [0.29, 0.717) is 11.4 Å². The first-order valence-electron chi connectivity index (χ1n) is 9.27. The summed E-state index contributed by atoms with van der Waals surface area (Å²) >= 11 is 0. The Hall–Kier alpha value is -4.66. The Bertz CT molecular complexity index is 1180. The number of aromatic nitrogens is 3. The molecule has 9 heteroatoms. The standard InChI is InChI=1S/C22H16N6O3/c29-22(25-23-15-16-11-13-19(14-12-16)28(30)31)20-24-21(17-7-3-1-4-8-17)27(26-20)18-9-5-2-6-10-18/h1-15H,(H,25,29)/b23-15+. The van der Waals surface area contributed by atoms with Crippen LogP contribution in [0.3, 0.4) is 0 Å². The first-order valence-corrected chi connectivity index (χ1v) is 9.27. The highest BCUT2D eigenvalue weighted by Gasteiger charge is 2.18. The fourth-order valence-corrected chi connectivity index (χ4v) is 2.83. The smallest absolute Gasteiger partial charge is 0.264 e. The average molecular weight is 412 g/mol. The number of hydrogen-bond donors (Lipinski definition) is 1. The molecule has 152 valence electrons. The van der Waals surface area contributed by atoms with Crippen molar-refractivity contribution in [1.29, 1.82) is 0 Å². The highest BCUT2D eigenvalue weighted by Crippen LogP contribution is 2.21. The molecule has 0 aliphatic carbocycles. The number of benzene rings is 3.